The summed E-state index contributed by atoms with van der Waals surface area (Å²) in [5.74, 6) is 1.17. The molecule has 1 saturated carbocycles. The monoisotopic (exact) mass is 247 g/mol. The van der Waals surface area contributed by atoms with Crippen LogP contribution >= 0.6 is 0 Å². The molecule has 0 aromatic carbocycles. The van der Waals surface area contributed by atoms with Crippen LogP contribution in [0, 0.1) is 11.3 Å². The molecular formula is C12H25NO2S. The molecular weight excluding hydrogens is 222 g/mol. The van der Waals surface area contributed by atoms with Crippen molar-refractivity contribution < 1.29 is 8.42 Å². The zero-order valence-corrected chi connectivity index (χ0v) is 11.7. The summed E-state index contributed by atoms with van der Waals surface area (Å²) in [6, 6.07) is 0.488. The molecule has 0 bridgehead atoms. The molecule has 0 radical (unpaired) electrons. The maximum atomic E-state index is 11.3. The lowest BCUT2D eigenvalue weighted by molar-refractivity contribution is 0.363. The van der Waals surface area contributed by atoms with E-state index in [2.05, 4.69) is 26.1 Å². The van der Waals surface area contributed by atoms with E-state index in [4.69, 9.17) is 0 Å². The third kappa shape index (κ3) is 4.06. The Morgan fingerprint density at radius 2 is 1.94 bits per heavy atom. The van der Waals surface area contributed by atoms with Gasteiger partial charge in [0.15, 0.2) is 9.84 Å². The molecule has 0 aliphatic heterocycles. The Kier molecular flexibility index (Phi) is 4.41. The largest absolute Gasteiger partial charge is 0.313 e. The maximum Gasteiger partial charge on any atom is 0.151 e. The number of hydrogen-bond acceptors (Lipinski definition) is 3. The zero-order valence-electron chi connectivity index (χ0n) is 10.9. The summed E-state index contributed by atoms with van der Waals surface area (Å²) in [4.78, 5) is 0. The van der Waals surface area contributed by atoms with Crippen LogP contribution in [0.15, 0.2) is 0 Å². The van der Waals surface area contributed by atoms with Gasteiger partial charge >= 0.3 is 0 Å². The molecule has 2 unspecified atom stereocenters. The van der Waals surface area contributed by atoms with Crippen molar-refractivity contribution in [2.75, 3.05) is 18.1 Å². The van der Waals surface area contributed by atoms with Gasteiger partial charge in [-0.2, -0.15) is 0 Å². The van der Waals surface area contributed by atoms with Crippen LogP contribution in [0.3, 0.4) is 0 Å². The first-order chi connectivity index (χ1) is 7.26. The number of hydrogen-bond donors (Lipinski definition) is 1. The number of nitrogens with one attached hydrogen (secondary N) is 1. The van der Waals surface area contributed by atoms with Crippen molar-refractivity contribution in [2.45, 2.75) is 46.6 Å². The predicted molar refractivity (Wildman–Crippen MR) is 68.3 cm³/mol. The van der Waals surface area contributed by atoms with Gasteiger partial charge < -0.3 is 5.32 Å². The van der Waals surface area contributed by atoms with Gasteiger partial charge in [-0.25, -0.2) is 8.42 Å². The molecule has 2 atom stereocenters. The summed E-state index contributed by atoms with van der Waals surface area (Å²) in [6.45, 7) is 9.13. The van der Waals surface area contributed by atoms with Gasteiger partial charge in [0, 0.05) is 18.3 Å². The summed E-state index contributed by atoms with van der Waals surface area (Å²) in [5, 5.41) is 3.40. The standard InChI is InChI=1S/C12H25NO2S/c1-5-16(14,15)7-6-13-11-9-12(3,4)8-10(11)2/h10-11,13H,5-9H2,1-4H3. The lowest BCUT2D eigenvalue weighted by Crippen LogP contribution is -2.35. The van der Waals surface area contributed by atoms with Gasteiger partial charge in [0.25, 0.3) is 0 Å². The second-order valence-corrected chi connectivity index (χ2v) is 8.32. The Morgan fingerprint density at radius 1 is 1.31 bits per heavy atom. The van der Waals surface area contributed by atoms with Gasteiger partial charge in [0.2, 0.25) is 0 Å². The third-order valence-corrected chi connectivity index (χ3v) is 5.30. The minimum Gasteiger partial charge on any atom is -0.313 e. The van der Waals surface area contributed by atoms with Crippen molar-refractivity contribution in [2.24, 2.45) is 11.3 Å². The fourth-order valence-corrected chi connectivity index (χ4v) is 3.43. The summed E-state index contributed by atoms with van der Waals surface area (Å²) < 4.78 is 22.7. The van der Waals surface area contributed by atoms with E-state index in [1.165, 1.54) is 6.42 Å². The molecule has 0 saturated heterocycles. The molecule has 1 aliphatic carbocycles. The fraction of sp³-hybridized carbons (Fsp3) is 1.00. The van der Waals surface area contributed by atoms with E-state index < -0.39 is 9.84 Å². The lowest BCUT2D eigenvalue weighted by atomic mass is 9.91. The second kappa shape index (κ2) is 5.05. The Hall–Kier alpha value is -0.0900. The van der Waals surface area contributed by atoms with E-state index in [-0.39, 0.29) is 11.5 Å². The van der Waals surface area contributed by atoms with E-state index in [0.29, 0.717) is 23.9 Å². The molecule has 0 amide bonds. The molecule has 1 rings (SSSR count). The maximum absolute atomic E-state index is 11.3. The number of sulfone groups is 1. The van der Waals surface area contributed by atoms with E-state index in [1.807, 2.05) is 0 Å². The molecule has 96 valence electrons. The Bertz CT molecular complexity index is 322. The second-order valence-electron chi connectivity index (χ2n) is 5.85. The average Bonchev–Trinajstić information content (AvgIpc) is 2.39. The van der Waals surface area contributed by atoms with Gasteiger partial charge in [-0.3, -0.25) is 0 Å². The van der Waals surface area contributed by atoms with Crippen molar-refractivity contribution in [3.05, 3.63) is 0 Å². The molecule has 4 heteroatoms. The number of rotatable bonds is 5. The highest BCUT2D eigenvalue weighted by molar-refractivity contribution is 7.91. The molecule has 1 aliphatic rings. The normalized spacial score (nSPS) is 29.5. The molecule has 3 nitrogen and oxygen atoms in total. The highest BCUT2D eigenvalue weighted by Gasteiger charge is 2.36. The van der Waals surface area contributed by atoms with Crippen LogP contribution in [0.4, 0.5) is 0 Å². The van der Waals surface area contributed by atoms with Crippen LogP contribution in [0.2, 0.25) is 0 Å². The van der Waals surface area contributed by atoms with Crippen LogP contribution in [-0.2, 0) is 9.84 Å². The third-order valence-electron chi connectivity index (χ3n) is 3.59. The van der Waals surface area contributed by atoms with Crippen molar-refractivity contribution >= 4 is 9.84 Å². The Morgan fingerprint density at radius 3 is 2.38 bits per heavy atom. The van der Waals surface area contributed by atoms with Gasteiger partial charge in [-0.15, -0.1) is 0 Å². The molecule has 16 heavy (non-hydrogen) atoms. The molecule has 0 spiro atoms. The smallest absolute Gasteiger partial charge is 0.151 e. The van der Waals surface area contributed by atoms with Crippen molar-refractivity contribution in [3.8, 4) is 0 Å². The Labute approximate surface area is 99.9 Å². The van der Waals surface area contributed by atoms with Crippen molar-refractivity contribution in [3.63, 3.8) is 0 Å². The topological polar surface area (TPSA) is 46.2 Å². The molecule has 1 fully saturated rings. The Balaban J connectivity index is 2.35. The minimum absolute atomic E-state index is 0.250. The molecule has 0 heterocycles. The lowest BCUT2D eigenvalue weighted by Gasteiger charge is -2.18. The van der Waals surface area contributed by atoms with Crippen LogP contribution in [-0.4, -0.2) is 32.5 Å². The van der Waals surface area contributed by atoms with Gasteiger partial charge in [0.1, 0.15) is 0 Å². The summed E-state index contributed by atoms with van der Waals surface area (Å²) in [7, 11) is -2.82. The van der Waals surface area contributed by atoms with Gasteiger partial charge in [-0.05, 0) is 24.2 Å². The zero-order chi connectivity index (χ0) is 12.4. The van der Waals surface area contributed by atoms with Gasteiger partial charge in [-0.1, -0.05) is 27.7 Å². The van der Waals surface area contributed by atoms with Crippen LogP contribution < -0.4 is 5.32 Å². The quantitative estimate of drug-likeness (QED) is 0.806. The summed E-state index contributed by atoms with van der Waals surface area (Å²) >= 11 is 0. The van der Waals surface area contributed by atoms with E-state index >= 15 is 0 Å². The fourth-order valence-electron chi connectivity index (χ4n) is 2.71. The average molecular weight is 247 g/mol. The van der Waals surface area contributed by atoms with E-state index in [0.717, 1.165) is 6.42 Å². The minimum atomic E-state index is -2.82. The molecule has 0 aromatic heterocycles. The van der Waals surface area contributed by atoms with E-state index in [1.54, 1.807) is 6.92 Å². The SMILES string of the molecule is CCS(=O)(=O)CCNC1CC(C)(C)CC1C. The van der Waals surface area contributed by atoms with Gasteiger partial charge in [0.05, 0.1) is 5.75 Å². The van der Waals surface area contributed by atoms with Crippen LogP contribution in [0.25, 0.3) is 0 Å². The first-order valence-electron chi connectivity index (χ1n) is 6.19. The highest BCUT2D eigenvalue weighted by atomic mass is 32.2. The summed E-state index contributed by atoms with van der Waals surface area (Å²) in [5.41, 5.74) is 0.403. The van der Waals surface area contributed by atoms with Crippen LogP contribution in [0.1, 0.15) is 40.5 Å². The molecule has 1 N–H and O–H groups in total. The first kappa shape index (κ1) is 14.0. The molecule has 0 aromatic rings. The van der Waals surface area contributed by atoms with E-state index in [9.17, 15) is 8.42 Å². The van der Waals surface area contributed by atoms with Crippen LogP contribution in [0.5, 0.6) is 0 Å². The van der Waals surface area contributed by atoms with Crippen molar-refractivity contribution in [1.29, 1.82) is 0 Å². The summed E-state index contributed by atoms with van der Waals surface area (Å²) in [6.07, 6.45) is 2.38. The van der Waals surface area contributed by atoms with Crippen molar-refractivity contribution in [1.82, 2.24) is 5.32 Å². The predicted octanol–water partition coefficient (Wildman–Crippen LogP) is 1.84. The highest BCUT2D eigenvalue weighted by Crippen LogP contribution is 2.40. The first-order valence-corrected chi connectivity index (χ1v) is 8.02.